The second-order valence-corrected chi connectivity index (χ2v) is 12.9. The van der Waals surface area contributed by atoms with Gasteiger partial charge in [0, 0.05) is 51.6 Å². The van der Waals surface area contributed by atoms with Crippen molar-refractivity contribution in [3.05, 3.63) is 119 Å². The lowest BCUT2D eigenvalue weighted by Gasteiger charge is -2.18. The van der Waals surface area contributed by atoms with Crippen LogP contribution < -0.4 is 0 Å². The first kappa shape index (κ1) is 33.1. The number of benzene rings is 4. The number of nitrogens with zero attached hydrogens (tertiary/aromatic N) is 2. The number of aliphatic hydroxyl groups excluding tert-OH is 2. The van der Waals surface area contributed by atoms with Crippen LogP contribution >= 0.6 is 0 Å². The van der Waals surface area contributed by atoms with E-state index in [9.17, 15) is 19.8 Å². The molecule has 0 bridgehead atoms. The molecule has 0 unspecified atom stereocenters. The fourth-order valence-corrected chi connectivity index (χ4v) is 7.02. The number of carbonyl (C=O) groups is 2. The highest BCUT2D eigenvalue weighted by Crippen LogP contribution is 2.27. The summed E-state index contributed by atoms with van der Waals surface area (Å²) in [5.74, 6) is 0.292. The van der Waals surface area contributed by atoms with E-state index in [-0.39, 0.29) is 23.1 Å². The summed E-state index contributed by atoms with van der Waals surface area (Å²) in [6.45, 7) is 1.16. The number of rotatable bonds is 13. The van der Waals surface area contributed by atoms with Crippen molar-refractivity contribution in [1.82, 2.24) is 0 Å². The lowest BCUT2D eigenvalue weighted by molar-refractivity contribution is -0.116. The Balaban J connectivity index is 1.11. The molecule has 246 valence electrons. The Morgan fingerprint density at radius 3 is 1.38 bits per heavy atom. The van der Waals surface area contributed by atoms with Crippen LogP contribution in [-0.4, -0.2) is 46.3 Å². The van der Waals surface area contributed by atoms with Crippen molar-refractivity contribution in [2.24, 2.45) is 9.98 Å². The van der Waals surface area contributed by atoms with E-state index in [1.807, 2.05) is 36.4 Å². The van der Waals surface area contributed by atoms with Crippen molar-refractivity contribution in [2.75, 3.05) is 13.1 Å². The number of aliphatic imine (C=N–C) groups is 2. The van der Waals surface area contributed by atoms with Gasteiger partial charge >= 0.3 is 0 Å². The molecule has 0 saturated carbocycles. The van der Waals surface area contributed by atoms with Gasteiger partial charge < -0.3 is 10.2 Å². The fourth-order valence-electron chi connectivity index (χ4n) is 7.02. The van der Waals surface area contributed by atoms with Crippen molar-refractivity contribution < 1.29 is 19.8 Å². The smallest absolute Gasteiger partial charge is 0.168 e. The summed E-state index contributed by atoms with van der Waals surface area (Å²) in [5.41, 5.74) is 4.39. The Bertz CT molecular complexity index is 1800. The first-order valence-corrected chi connectivity index (χ1v) is 17.4. The number of unbranched alkanes of at least 4 members (excludes halogenated alkanes) is 3. The number of allylic oxidation sites excluding steroid dienone is 4. The Hall–Kier alpha value is -4.84. The first-order chi connectivity index (χ1) is 23.5. The van der Waals surface area contributed by atoms with Gasteiger partial charge in [-0.1, -0.05) is 97.8 Å². The van der Waals surface area contributed by atoms with Crippen LogP contribution in [0, 0.1) is 0 Å². The summed E-state index contributed by atoms with van der Waals surface area (Å²) in [5, 5.41) is 26.0. The Morgan fingerprint density at radius 1 is 0.521 bits per heavy atom. The van der Waals surface area contributed by atoms with Crippen LogP contribution in [0.4, 0.5) is 0 Å². The topological polar surface area (TPSA) is 99.3 Å². The van der Waals surface area contributed by atoms with Gasteiger partial charge in [-0.2, -0.15) is 0 Å². The lowest BCUT2D eigenvalue weighted by atomic mass is 9.89. The molecule has 0 atom stereocenters. The van der Waals surface area contributed by atoms with Crippen LogP contribution in [-0.2, 0) is 22.4 Å². The predicted molar refractivity (Wildman–Crippen MR) is 195 cm³/mol. The zero-order chi connectivity index (χ0) is 33.3. The highest BCUT2D eigenvalue weighted by molar-refractivity contribution is 6.24. The molecule has 0 spiro atoms. The monoisotopic (exact) mass is 640 g/mol. The quantitative estimate of drug-likeness (QED) is 0.112. The Morgan fingerprint density at radius 2 is 0.938 bits per heavy atom. The summed E-state index contributed by atoms with van der Waals surface area (Å²) in [4.78, 5) is 35.7. The number of carbonyl (C=O) groups excluding carboxylic acids is 2. The van der Waals surface area contributed by atoms with Crippen LogP contribution in [0.25, 0.3) is 21.5 Å². The molecule has 48 heavy (non-hydrogen) atoms. The molecule has 4 aromatic rings. The molecule has 0 saturated heterocycles. The molecular formula is C42H44N2O4. The molecule has 0 amide bonds. The normalized spacial score (nSPS) is 16.4. The lowest BCUT2D eigenvalue weighted by Crippen LogP contribution is -2.22. The van der Waals surface area contributed by atoms with Crippen molar-refractivity contribution in [3.63, 3.8) is 0 Å². The van der Waals surface area contributed by atoms with E-state index in [4.69, 9.17) is 9.98 Å². The standard InChI is InChI=1S/C42H44N2O4/c45-37-21-11-22-38(46)41(37)35(27-31-17-9-15-29-13-3-5-19-33(29)31)43-25-7-1-2-8-26-44-36(42-39(47)23-12-24-40(42)48)28-32-18-10-16-30-14-4-6-20-34(30)32/h3-6,9-10,13-20,45,47H,1-2,7-8,11-12,21-28H2. The molecule has 6 nitrogen and oxygen atoms in total. The van der Waals surface area contributed by atoms with Crippen LogP contribution in [0.5, 0.6) is 0 Å². The number of fused-ring (bicyclic) bond motifs is 2. The second kappa shape index (κ2) is 15.8. The van der Waals surface area contributed by atoms with Crippen molar-refractivity contribution in [1.29, 1.82) is 0 Å². The minimum atomic E-state index is -0.0208. The molecular weight excluding hydrogens is 596 g/mol. The highest BCUT2D eigenvalue weighted by Gasteiger charge is 2.26. The maximum absolute atomic E-state index is 12.9. The number of aliphatic hydroxyl groups is 2. The number of hydrogen-bond donors (Lipinski definition) is 2. The molecule has 2 N–H and O–H groups in total. The van der Waals surface area contributed by atoms with Crippen LogP contribution in [0.15, 0.2) is 118 Å². The summed E-state index contributed by atoms with van der Waals surface area (Å²) in [6.07, 6.45) is 7.88. The van der Waals surface area contributed by atoms with E-state index in [0.29, 0.717) is 87.0 Å². The van der Waals surface area contributed by atoms with Gasteiger partial charge in [0.1, 0.15) is 11.5 Å². The predicted octanol–water partition coefficient (Wildman–Crippen LogP) is 9.35. The van der Waals surface area contributed by atoms with Gasteiger partial charge in [-0.05, 0) is 58.4 Å². The highest BCUT2D eigenvalue weighted by atomic mass is 16.3. The zero-order valence-corrected chi connectivity index (χ0v) is 27.6. The fraction of sp³-hybridized carbons (Fsp3) is 0.333. The molecule has 4 aromatic carbocycles. The third kappa shape index (κ3) is 7.82. The molecule has 6 rings (SSSR count). The van der Waals surface area contributed by atoms with Crippen molar-refractivity contribution >= 4 is 44.5 Å². The van der Waals surface area contributed by atoms with Gasteiger partial charge in [-0.3, -0.25) is 19.6 Å². The van der Waals surface area contributed by atoms with E-state index in [1.54, 1.807) is 0 Å². The average Bonchev–Trinajstić information content (AvgIpc) is 3.09. The van der Waals surface area contributed by atoms with Crippen molar-refractivity contribution in [2.45, 2.75) is 77.0 Å². The van der Waals surface area contributed by atoms with E-state index in [1.165, 1.54) is 0 Å². The summed E-state index contributed by atoms with van der Waals surface area (Å²) >= 11 is 0. The number of Topliss-reactive ketones (excluding diaryl/α,β-unsaturated/α-hetero) is 2. The molecule has 6 heteroatoms. The summed E-state index contributed by atoms with van der Waals surface area (Å²) < 4.78 is 0. The molecule has 2 aliphatic carbocycles. The SMILES string of the molecule is O=C1CCCC(O)=C1C(Cc1cccc2ccccc12)=NCCCCCCN=C(Cc1cccc2ccccc12)C1=C(O)CCCC1=O. The average molecular weight is 641 g/mol. The second-order valence-electron chi connectivity index (χ2n) is 12.9. The zero-order valence-electron chi connectivity index (χ0n) is 27.6. The minimum absolute atomic E-state index is 0.0208. The van der Waals surface area contributed by atoms with E-state index >= 15 is 0 Å². The van der Waals surface area contributed by atoms with Gasteiger partial charge in [0.05, 0.1) is 22.6 Å². The third-order valence-corrected chi connectivity index (χ3v) is 9.49. The summed E-state index contributed by atoms with van der Waals surface area (Å²) in [7, 11) is 0. The largest absolute Gasteiger partial charge is 0.511 e. The van der Waals surface area contributed by atoms with E-state index in [0.717, 1.165) is 58.4 Å². The maximum atomic E-state index is 12.9. The molecule has 0 heterocycles. The van der Waals surface area contributed by atoms with E-state index < -0.39 is 0 Å². The first-order valence-electron chi connectivity index (χ1n) is 17.4. The Kier molecular flexibility index (Phi) is 10.9. The molecule has 0 aliphatic heterocycles. The molecule has 2 aliphatic rings. The third-order valence-electron chi connectivity index (χ3n) is 9.49. The molecule has 0 aromatic heterocycles. The van der Waals surface area contributed by atoms with Gasteiger partial charge in [0.15, 0.2) is 11.6 Å². The van der Waals surface area contributed by atoms with Crippen LogP contribution in [0.3, 0.4) is 0 Å². The molecule has 0 fully saturated rings. The number of ketones is 2. The van der Waals surface area contributed by atoms with Gasteiger partial charge in [-0.15, -0.1) is 0 Å². The van der Waals surface area contributed by atoms with Gasteiger partial charge in [-0.25, -0.2) is 0 Å². The maximum Gasteiger partial charge on any atom is 0.168 e. The van der Waals surface area contributed by atoms with Crippen LogP contribution in [0.1, 0.15) is 75.3 Å². The van der Waals surface area contributed by atoms with Gasteiger partial charge in [0.2, 0.25) is 0 Å². The van der Waals surface area contributed by atoms with Crippen molar-refractivity contribution in [3.8, 4) is 0 Å². The van der Waals surface area contributed by atoms with Crippen LogP contribution in [0.2, 0.25) is 0 Å². The minimum Gasteiger partial charge on any atom is -0.511 e. The number of hydrogen-bond acceptors (Lipinski definition) is 6. The summed E-state index contributed by atoms with van der Waals surface area (Å²) in [6, 6.07) is 28.8. The molecule has 0 radical (unpaired) electrons. The van der Waals surface area contributed by atoms with Gasteiger partial charge in [0.25, 0.3) is 0 Å². The van der Waals surface area contributed by atoms with E-state index in [2.05, 4.69) is 48.5 Å². The Labute approximate surface area is 282 Å².